The van der Waals surface area contributed by atoms with Crippen LogP contribution < -0.4 is 15.4 Å². The summed E-state index contributed by atoms with van der Waals surface area (Å²) in [6.07, 6.45) is -3.48. The number of ether oxygens (including phenoxy) is 1. The lowest BCUT2D eigenvalue weighted by Gasteiger charge is -2.28. The third-order valence-electron chi connectivity index (χ3n) is 6.37. The van der Waals surface area contributed by atoms with Crippen molar-refractivity contribution in [1.29, 1.82) is 0 Å². The Bertz CT molecular complexity index is 1430. The fourth-order valence-electron chi connectivity index (χ4n) is 4.67. The Kier molecular flexibility index (Phi) is 9.27. The Morgan fingerprint density at radius 3 is 2.32 bits per heavy atom. The van der Waals surface area contributed by atoms with Gasteiger partial charge in [-0.25, -0.2) is 9.98 Å². The molecule has 1 aliphatic heterocycles. The summed E-state index contributed by atoms with van der Waals surface area (Å²) in [5, 5.41) is 7.87. The summed E-state index contributed by atoms with van der Waals surface area (Å²) in [6, 6.07) is 17.6. The first kappa shape index (κ1) is 30.0. The van der Waals surface area contributed by atoms with Gasteiger partial charge in [0.05, 0.1) is 12.2 Å². The molecule has 1 fully saturated rings. The van der Waals surface area contributed by atoms with Crippen LogP contribution in [0.1, 0.15) is 34.7 Å². The zero-order valence-corrected chi connectivity index (χ0v) is 24.4. The molecule has 1 heterocycles. The molecule has 4 rings (SSSR count). The Labute approximate surface area is 242 Å². The highest BCUT2D eigenvalue weighted by Gasteiger charge is 2.31. The van der Waals surface area contributed by atoms with Gasteiger partial charge in [-0.05, 0) is 68.7 Å². The highest BCUT2D eigenvalue weighted by Crippen LogP contribution is 2.35. The molecule has 1 unspecified atom stereocenters. The van der Waals surface area contributed by atoms with Crippen LogP contribution in [0.4, 0.5) is 24.5 Å². The van der Waals surface area contributed by atoms with Gasteiger partial charge in [-0.3, -0.25) is 5.01 Å². The van der Waals surface area contributed by atoms with Crippen LogP contribution >= 0.6 is 11.8 Å². The Hall–Kier alpha value is -3.99. The van der Waals surface area contributed by atoms with E-state index in [1.54, 1.807) is 11.8 Å². The van der Waals surface area contributed by atoms with Gasteiger partial charge in [0.1, 0.15) is 17.9 Å². The summed E-state index contributed by atoms with van der Waals surface area (Å²) < 4.78 is 40.7. The lowest BCUT2D eigenvalue weighted by molar-refractivity contribution is -0.274. The Balaban J connectivity index is 1.39. The fraction of sp³-hybridized carbons (Fsp3) is 0.300. The van der Waals surface area contributed by atoms with Gasteiger partial charge in [-0.1, -0.05) is 53.7 Å². The molecule has 7 nitrogen and oxygen atoms in total. The Morgan fingerprint density at radius 1 is 1.07 bits per heavy atom. The van der Waals surface area contributed by atoms with Crippen LogP contribution in [0.15, 0.2) is 75.7 Å². The normalized spacial score (nSPS) is 17.1. The van der Waals surface area contributed by atoms with Crippen molar-refractivity contribution in [3.8, 4) is 5.75 Å². The van der Waals surface area contributed by atoms with Crippen molar-refractivity contribution in [3.05, 3.63) is 88.5 Å². The quantitative estimate of drug-likeness (QED) is 0.177. The number of hydrogen-bond donors (Lipinski definition) is 1. The summed E-state index contributed by atoms with van der Waals surface area (Å²) in [5.74, 6) is 0.928. The number of aryl methyl sites for hydroxylation is 3. The predicted octanol–water partition coefficient (Wildman–Crippen LogP) is 6.92. The minimum Gasteiger partial charge on any atom is -0.406 e. The number of hydrogen-bond acceptors (Lipinski definition) is 5. The van der Waals surface area contributed by atoms with E-state index in [9.17, 15) is 13.2 Å². The first-order chi connectivity index (χ1) is 19.4. The van der Waals surface area contributed by atoms with Gasteiger partial charge >= 0.3 is 6.36 Å². The van der Waals surface area contributed by atoms with Gasteiger partial charge in [0.15, 0.2) is 5.17 Å². The van der Waals surface area contributed by atoms with E-state index in [2.05, 4.69) is 59.4 Å². The number of alkyl halides is 3. The number of anilines is 1. The summed E-state index contributed by atoms with van der Waals surface area (Å²) in [5.41, 5.74) is 13.3. The highest BCUT2D eigenvalue weighted by molar-refractivity contribution is 8.14. The molecule has 0 bridgehead atoms. The molecule has 2 N–H and O–H groups in total. The van der Waals surface area contributed by atoms with Gasteiger partial charge < -0.3 is 15.4 Å². The maximum absolute atomic E-state index is 12.3. The molecule has 0 amide bonds. The minimum absolute atomic E-state index is 0.266. The van der Waals surface area contributed by atoms with Crippen molar-refractivity contribution in [2.75, 3.05) is 17.7 Å². The number of nitrogens with zero attached hydrogens (tertiary/aromatic N) is 5. The molecule has 1 saturated heterocycles. The van der Waals surface area contributed by atoms with E-state index >= 15 is 0 Å². The van der Waals surface area contributed by atoms with Crippen LogP contribution in [0.25, 0.3) is 0 Å². The third-order valence-corrected chi connectivity index (χ3v) is 7.55. The molecule has 0 spiro atoms. The number of amidine groups is 2. The number of thioether (sulfide) groups is 1. The van der Waals surface area contributed by atoms with Crippen molar-refractivity contribution in [2.45, 2.75) is 46.6 Å². The topological polar surface area (TPSA) is 78.8 Å². The lowest BCUT2D eigenvalue weighted by Crippen LogP contribution is -2.34. The summed E-state index contributed by atoms with van der Waals surface area (Å²) >= 11 is 1.77. The zero-order valence-electron chi connectivity index (χ0n) is 23.6. The van der Waals surface area contributed by atoms with E-state index in [4.69, 9.17) is 10.8 Å². The highest BCUT2D eigenvalue weighted by atomic mass is 32.2. The van der Waals surface area contributed by atoms with Gasteiger partial charge in [-0.15, -0.1) is 13.2 Å². The van der Waals surface area contributed by atoms with E-state index in [1.165, 1.54) is 53.0 Å². The van der Waals surface area contributed by atoms with Crippen LogP contribution in [-0.2, 0) is 6.54 Å². The van der Waals surface area contributed by atoms with Crippen molar-refractivity contribution in [2.24, 2.45) is 20.8 Å². The van der Waals surface area contributed by atoms with Crippen molar-refractivity contribution >= 4 is 40.5 Å². The molecule has 11 heteroatoms. The van der Waals surface area contributed by atoms with Gasteiger partial charge in [-0.2, -0.15) is 5.10 Å². The molecule has 0 aromatic heterocycles. The monoisotopic (exact) mass is 582 g/mol. The molecule has 1 aliphatic rings. The average molecular weight is 583 g/mol. The number of rotatable bonds is 8. The zero-order chi connectivity index (χ0) is 29.7. The third kappa shape index (κ3) is 8.03. The van der Waals surface area contributed by atoms with Gasteiger partial charge in [0.2, 0.25) is 0 Å². The summed E-state index contributed by atoms with van der Waals surface area (Å²) in [7, 11) is 1.96. The van der Waals surface area contributed by atoms with Crippen LogP contribution in [0, 0.1) is 20.8 Å². The lowest BCUT2D eigenvalue weighted by atomic mass is 10.0. The second-order valence-corrected chi connectivity index (χ2v) is 11.0. The second kappa shape index (κ2) is 12.7. The maximum atomic E-state index is 12.3. The SMILES string of the molecule is Cc1cc(C)c(N2/C(=N/N(C)Cc3ccc(C(N)=NC=Nc4ccc(OC(F)(F)F)cc4)cc3)SCC2C)c(C)c1. The number of benzene rings is 3. The second-order valence-electron chi connectivity index (χ2n) is 9.97. The maximum Gasteiger partial charge on any atom is 0.573 e. The van der Waals surface area contributed by atoms with E-state index < -0.39 is 6.36 Å². The minimum atomic E-state index is -4.74. The van der Waals surface area contributed by atoms with Crippen LogP contribution in [0.3, 0.4) is 0 Å². The molecule has 3 aromatic rings. The van der Waals surface area contributed by atoms with Crippen molar-refractivity contribution in [1.82, 2.24) is 5.01 Å². The Morgan fingerprint density at radius 2 is 1.71 bits per heavy atom. The molecule has 0 radical (unpaired) electrons. The molecule has 216 valence electrons. The first-order valence-electron chi connectivity index (χ1n) is 13.0. The number of nitrogens with two attached hydrogens (primary N) is 1. The molecular weight excluding hydrogens is 549 g/mol. The van der Waals surface area contributed by atoms with Crippen molar-refractivity contribution in [3.63, 3.8) is 0 Å². The van der Waals surface area contributed by atoms with Crippen LogP contribution in [0.2, 0.25) is 0 Å². The first-order valence-corrected chi connectivity index (χ1v) is 14.0. The molecular formula is C30H33F3N6OS. The molecule has 1 atom stereocenters. The summed E-state index contributed by atoms with van der Waals surface area (Å²) in [6.45, 7) is 9.28. The number of halogens is 3. The van der Waals surface area contributed by atoms with E-state index in [0.717, 1.165) is 22.0 Å². The predicted molar refractivity (Wildman–Crippen MR) is 162 cm³/mol. The molecule has 0 saturated carbocycles. The molecule has 41 heavy (non-hydrogen) atoms. The molecule has 3 aromatic carbocycles. The van der Waals surface area contributed by atoms with Crippen molar-refractivity contribution < 1.29 is 17.9 Å². The van der Waals surface area contributed by atoms with E-state index in [1.807, 2.05) is 36.3 Å². The molecule has 0 aliphatic carbocycles. The largest absolute Gasteiger partial charge is 0.573 e. The number of hydrazone groups is 1. The smallest absolute Gasteiger partial charge is 0.406 e. The average Bonchev–Trinajstić information content (AvgIpc) is 3.23. The number of aliphatic imine (C=N–C) groups is 2. The standard InChI is InChI=1S/C30H33F3N6OS/c1-19-14-20(2)27(21(3)15-19)39-22(4)17-41-29(39)37-38(5)16-23-6-8-24(9-7-23)28(34)36-18-35-25-10-12-26(13-11-25)40-30(31,32)33/h6-15,18,22H,16-17H2,1-5H3,(H2,34,35,36)/b37-29-. The van der Waals surface area contributed by atoms with Crippen LogP contribution in [0.5, 0.6) is 5.75 Å². The van der Waals surface area contributed by atoms with Gasteiger partial charge in [0, 0.05) is 30.1 Å². The van der Waals surface area contributed by atoms with Gasteiger partial charge in [0.25, 0.3) is 0 Å². The summed E-state index contributed by atoms with van der Waals surface area (Å²) in [4.78, 5) is 10.6. The van der Waals surface area contributed by atoms with E-state index in [-0.39, 0.29) is 11.6 Å². The van der Waals surface area contributed by atoms with Crippen LogP contribution in [-0.4, -0.2) is 47.6 Å². The van der Waals surface area contributed by atoms with E-state index in [0.29, 0.717) is 18.3 Å². The fourth-order valence-corrected chi connectivity index (χ4v) is 5.81.